The quantitative estimate of drug-likeness (QED) is 0.521. The second-order valence-electron chi connectivity index (χ2n) is 4.59. The summed E-state index contributed by atoms with van der Waals surface area (Å²) in [6.45, 7) is 0.858. The number of nitro groups is 3. The number of non-ortho nitro benzene ring substituents is 1. The summed E-state index contributed by atoms with van der Waals surface area (Å²) < 4.78 is 0. The van der Waals surface area contributed by atoms with Crippen LogP contribution in [0.1, 0.15) is 12.8 Å². The standard InChI is InChI=1S/C6H3N3O7.C5H9NO2/c10-6-4(8(13)14)1-3(7(11)12)2-5(6)9(15)16;7-5(8)4-2-1-3-6-4/h1-2,10H;4,6H,1-3H2,(H,7,8)/t;4-/m.0/s1. The van der Waals surface area contributed by atoms with Crippen molar-refractivity contribution in [2.75, 3.05) is 6.54 Å². The van der Waals surface area contributed by atoms with Gasteiger partial charge >= 0.3 is 17.3 Å². The second-order valence-corrected chi connectivity index (χ2v) is 4.59. The van der Waals surface area contributed by atoms with Crippen molar-refractivity contribution in [2.45, 2.75) is 18.9 Å². The molecule has 1 heterocycles. The number of aliphatic carboxylic acids is 1. The maximum absolute atomic E-state index is 10.4. The van der Waals surface area contributed by atoms with Gasteiger partial charge in [-0.2, -0.15) is 0 Å². The molecule has 1 aromatic rings. The van der Waals surface area contributed by atoms with Crippen LogP contribution in [0.25, 0.3) is 0 Å². The SMILES string of the molecule is O=C(O)[C@@H]1CCCN1.O=[N+]([O-])c1cc([N+](=O)[O-])c(O)c([N+](=O)[O-])c1. The lowest BCUT2D eigenvalue weighted by molar-refractivity contribution is -0.404. The molecule has 2 rings (SSSR count). The van der Waals surface area contributed by atoms with E-state index in [1.165, 1.54) is 0 Å². The minimum absolute atomic E-state index is 0.269. The minimum Gasteiger partial charge on any atom is -0.497 e. The lowest BCUT2D eigenvalue weighted by Gasteiger charge is -1.99. The number of nitro benzene ring substituents is 3. The molecule has 3 N–H and O–H groups in total. The van der Waals surface area contributed by atoms with Gasteiger partial charge < -0.3 is 15.5 Å². The highest BCUT2D eigenvalue weighted by molar-refractivity contribution is 5.73. The number of hydrogen-bond acceptors (Lipinski definition) is 9. The third-order valence-electron chi connectivity index (χ3n) is 3.02. The Morgan fingerprint density at radius 3 is 1.83 bits per heavy atom. The number of benzene rings is 1. The number of nitrogens with zero attached hydrogens (tertiary/aromatic N) is 3. The number of phenols is 1. The van der Waals surface area contributed by atoms with Crippen molar-refractivity contribution in [3.8, 4) is 5.75 Å². The Bertz CT molecular complexity index is 649. The van der Waals surface area contributed by atoms with Gasteiger partial charge in [0.25, 0.3) is 11.4 Å². The molecule has 0 radical (unpaired) electrons. The highest BCUT2D eigenvalue weighted by Crippen LogP contribution is 2.38. The van der Waals surface area contributed by atoms with E-state index in [0.29, 0.717) is 12.1 Å². The molecule has 1 aliphatic rings. The largest absolute Gasteiger partial charge is 0.497 e. The van der Waals surface area contributed by atoms with Crippen LogP contribution in [0.2, 0.25) is 0 Å². The van der Waals surface area contributed by atoms with Gasteiger partial charge in [0.2, 0.25) is 0 Å². The van der Waals surface area contributed by atoms with E-state index in [1.807, 2.05) is 0 Å². The predicted molar refractivity (Wildman–Crippen MR) is 76.7 cm³/mol. The molecule has 0 amide bonds. The summed E-state index contributed by atoms with van der Waals surface area (Å²) in [5.74, 6) is -1.93. The molecular formula is C11H12N4O9. The Hall–Kier alpha value is -3.35. The number of carbonyl (C=O) groups is 1. The number of phenolic OH excluding ortho intramolecular Hbond substituents is 1. The summed E-state index contributed by atoms with van der Waals surface area (Å²) >= 11 is 0. The molecule has 24 heavy (non-hydrogen) atoms. The molecule has 13 heteroatoms. The highest BCUT2D eigenvalue weighted by Gasteiger charge is 2.30. The van der Waals surface area contributed by atoms with Crippen LogP contribution < -0.4 is 5.32 Å². The molecule has 1 fully saturated rings. The summed E-state index contributed by atoms with van der Waals surface area (Å²) in [7, 11) is 0. The number of hydrogen-bond donors (Lipinski definition) is 3. The van der Waals surface area contributed by atoms with Crippen LogP contribution in [-0.4, -0.2) is 43.5 Å². The minimum atomic E-state index is -1.21. The summed E-state index contributed by atoms with van der Waals surface area (Å²) in [4.78, 5) is 37.9. The van der Waals surface area contributed by atoms with E-state index in [1.54, 1.807) is 0 Å². The van der Waals surface area contributed by atoms with Crippen LogP contribution >= 0.6 is 0 Å². The van der Waals surface area contributed by atoms with Crippen molar-refractivity contribution in [3.05, 3.63) is 42.5 Å². The maximum Gasteiger partial charge on any atom is 0.324 e. The number of carboxylic acids is 1. The van der Waals surface area contributed by atoms with Gasteiger partial charge in [0.15, 0.2) is 0 Å². The van der Waals surface area contributed by atoms with Crippen LogP contribution in [0, 0.1) is 30.3 Å². The van der Waals surface area contributed by atoms with E-state index in [2.05, 4.69) is 5.32 Å². The topological polar surface area (TPSA) is 199 Å². The highest BCUT2D eigenvalue weighted by atomic mass is 16.6. The van der Waals surface area contributed by atoms with Gasteiger partial charge in [0.1, 0.15) is 6.04 Å². The molecule has 0 aliphatic carbocycles. The Labute approximate surface area is 133 Å². The molecule has 0 spiro atoms. The van der Waals surface area contributed by atoms with E-state index in [9.17, 15) is 35.1 Å². The average molecular weight is 344 g/mol. The van der Waals surface area contributed by atoms with E-state index in [4.69, 9.17) is 10.2 Å². The fraction of sp³-hybridized carbons (Fsp3) is 0.364. The van der Waals surface area contributed by atoms with Crippen LogP contribution in [0.4, 0.5) is 17.1 Å². The molecule has 0 saturated carbocycles. The lowest BCUT2D eigenvalue weighted by Crippen LogP contribution is -2.29. The molecule has 1 saturated heterocycles. The fourth-order valence-corrected chi connectivity index (χ4v) is 1.87. The zero-order chi connectivity index (χ0) is 18.4. The summed E-state index contributed by atoms with van der Waals surface area (Å²) in [5.41, 5.74) is -3.00. The maximum atomic E-state index is 10.4. The van der Waals surface area contributed by atoms with Gasteiger partial charge in [-0.3, -0.25) is 35.1 Å². The Kier molecular flexibility index (Phi) is 6.06. The third-order valence-corrected chi connectivity index (χ3v) is 3.02. The molecule has 1 aliphatic heterocycles. The lowest BCUT2D eigenvalue weighted by atomic mass is 10.2. The zero-order valence-electron chi connectivity index (χ0n) is 11.9. The number of carboxylic acid groups (broad SMARTS) is 1. The van der Waals surface area contributed by atoms with Gasteiger partial charge in [-0.05, 0) is 19.4 Å². The monoisotopic (exact) mass is 344 g/mol. The van der Waals surface area contributed by atoms with E-state index < -0.39 is 43.6 Å². The summed E-state index contributed by atoms with van der Waals surface area (Å²) in [6, 6.07) is 0.625. The molecular weight excluding hydrogens is 332 g/mol. The molecule has 13 nitrogen and oxygen atoms in total. The van der Waals surface area contributed by atoms with Crippen molar-refractivity contribution in [1.82, 2.24) is 5.32 Å². The molecule has 0 bridgehead atoms. The molecule has 1 aromatic carbocycles. The summed E-state index contributed by atoms with van der Waals surface area (Å²) in [5, 5.41) is 51.4. The van der Waals surface area contributed by atoms with Crippen molar-refractivity contribution in [2.24, 2.45) is 0 Å². The van der Waals surface area contributed by atoms with E-state index in [-0.39, 0.29) is 6.04 Å². The van der Waals surface area contributed by atoms with Crippen molar-refractivity contribution in [3.63, 3.8) is 0 Å². The smallest absolute Gasteiger partial charge is 0.324 e. The Balaban J connectivity index is 0.000000300. The van der Waals surface area contributed by atoms with Gasteiger partial charge in [-0.1, -0.05) is 0 Å². The van der Waals surface area contributed by atoms with Gasteiger partial charge in [0, 0.05) is 0 Å². The first-order chi connectivity index (χ1) is 11.1. The van der Waals surface area contributed by atoms with E-state index in [0.717, 1.165) is 19.4 Å². The molecule has 0 aromatic heterocycles. The van der Waals surface area contributed by atoms with Crippen molar-refractivity contribution < 1.29 is 29.8 Å². The Morgan fingerprint density at radius 1 is 1.08 bits per heavy atom. The average Bonchev–Trinajstić information content (AvgIpc) is 3.01. The van der Waals surface area contributed by atoms with Crippen LogP contribution in [0.5, 0.6) is 5.75 Å². The molecule has 1 atom stereocenters. The van der Waals surface area contributed by atoms with Crippen molar-refractivity contribution in [1.29, 1.82) is 0 Å². The second kappa shape index (κ2) is 7.77. The summed E-state index contributed by atoms with van der Waals surface area (Å²) in [6.07, 6.45) is 1.78. The van der Waals surface area contributed by atoms with Gasteiger partial charge in [-0.25, -0.2) is 0 Å². The van der Waals surface area contributed by atoms with Crippen LogP contribution in [-0.2, 0) is 4.79 Å². The molecule has 0 unspecified atom stereocenters. The normalized spacial score (nSPS) is 15.9. The van der Waals surface area contributed by atoms with E-state index >= 15 is 0 Å². The fourth-order valence-electron chi connectivity index (χ4n) is 1.87. The zero-order valence-corrected chi connectivity index (χ0v) is 11.9. The number of aromatic hydroxyl groups is 1. The first-order valence-corrected chi connectivity index (χ1v) is 6.41. The van der Waals surface area contributed by atoms with Crippen molar-refractivity contribution >= 4 is 23.0 Å². The van der Waals surface area contributed by atoms with Crippen LogP contribution in [0.3, 0.4) is 0 Å². The van der Waals surface area contributed by atoms with Crippen LogP contribution in [0.15, 0.2) is 12.1 Å². The first-order valence-electron chi connectivity index (χ1n) is 6.41. The number of nitrogens with one attached hydrogen (secondary N) is 1. The van der Waals surface area contributed by atoms with Gasteiger partial charge in [0.05, 0.1) is 26.9 Å². The van der Waals surface area contributed by atoms with Gasteiger partial charge in [-0.15, -0.1) is 0 Å². The number of rotatable bonds is 4. The predicted octanol–water partition coefficient (Wildman–Crippen LogP) is 0.940. The Morgan fingerprint density at radius 2 is 1.58 bits per heavy atom. The third kappa shape index (κ3) is 4.57. The first kappa shape index (κ1) is 18.7. The molecule has 130 valence electrons.